The van der Waals surface area contributed by atoms with Gasteiger partial charge in [0.1, 0.15) is 12.4 Å². The van der Waals surface area contributed by atoms with Crippen LogP contribution in [0.15, 0.2) is 12.4 Å². The molecule has 0 aliphatic heterocycles. The predicted octanol–water partition coefficient (Wildman–Crippen LogP) is 0.828. The maximum Gasteiger partial charge on any atom is 0.434 e. The van der Waals surface area contributed by atoms with Crippen molar-refractivity contribution in [3.8, 4) is 0 Å². The predicted molar refractivity (Wildman–Crippen MR) is 45.4 cm³/mol. The molecule has 0 radical (unpaired) electrons. The molecule has 1 aromatic rings. The first-order valence-corrected chi connectivity index (χ1v) is 3.99. The van der Waals surface area contributed by atoms with E-state index < -0.39 is 4.92 Å². The van der Waals surface area contributed by atoms with Gasteiger partial charge in [-0.2, -0.15) is 0 Å². The van der Waals surface area contributed by atoms with Crippen molar-refractivity contribution in [3.63, 3.8) is 0 Å². The number of nitrogens with zero attached hydrogens (tertiary/aromatic N) is 3. The third-order valence-electron chi connectivity index (χ3n) is 1.54. The van der Waals surface area contributed by atoms with Crippen molar-refractivity contribution in [1.29, 1.82) is 0 Å². The third kappa shape index (κ3) is 2.51. The molecule has 6 heteroatoms. The summed E-state index contributed by atoms with van der Waals surface area (Å²) in [5.41, 5.74) is 0. The van der Waals surface area contributed by atoms with Crippen LogP contribution in [0.4, 0.5) is 5.95 Å². The van der Waals surface area contributed by atoms with Crippen LogP contribution in [0.1, 0.15) is 6.92 Å². The van der Waals surface area contributed by atoms with Crippen molar-refractivity contribution in [2.24, 2.45) is 0 Å². The van der Waals surface area contributed by atoms with E-state index in [1.165, 1.54) is 10.8 Å². The molecule has 0 bridgehead atoms. The molecule has 0 unspecified atom stereocenters. The van der Waals surface area contributed by atoms with E-state index in [0.29, 0.717) is 19.8 Å². The van der Waals surface area contributed by atoms with Crippen LogP contribution in [-0.2, 0) is 11.3 Å². The van der Waals surface area contributed by atoms with Crippen LogP contribution < -0.4 is 0 Å². The molecule has 72 valence electrons. The van der Waals surface area contributed by atoms with E-state index in [-0.39, 0.29) is 5.95 Å². The Hall–Kier alpha value is -1.43. The van der Waals surface area contributed by atoms with Crippen LogP contribution in [0.3, 0.4) is 0 Å². The maximum atomic E-state index is 10.4. The van der Waals surface area contributed by atoms with Crippen LogP contribution >= 0.6 is 0 Å². The number of imidazole rings is 1. The molecule has 0 amide bonds. The fourth-order valence-electron chi connectivity index (χ4n) is 0.955. The largest absolute Gasteiger partial charge is 0.434 e. The van der Waals surface area contributed by atoms with Gasteiger partial charge in [0, 0.05) is 6.61 Å². The minimum atomic E-state index is -0.508. The van der Waals surface area contributed by atoms with Crippen LogP contribution in [0.2, 0.25) is 0 Å². The van der Waals surface area contributed by atoms with Gasteiger partial charge in [-0.15, -0.1) is 0 Å². The molecule has 0 spiro atoms. The minimum Gasteiger partial charge on any atom is -0.390 e. The molecule has 6 nitrogen and oxygen atoms in total. The van der Waals surface area contributed by atoms with E-state index in [1.54, 1.807) is 6.20 Å². The molecule has 0 N–H and O–H groups in total. The van der Waals surface area contributed by atoms with Gasteiger partial charge in [0.25, 0.3) is 0 Å². The van der Waals surface area contributed by atoms with Crippen LogP contribution in [-0.4, -0.2) is 27.7 Å². The second kappa shape index (κ2) is 4.56. The Kier molecular flexibility index (Phi) is 3.39. The SMILES string of the molecule is CCOCCn1ccnc1[N+](=O)[O-]. The maximum absolute atomic E-state index is 10.4. The lowest BCUT2D eigenvalue weighted by Gasteiger charge is -2.00. The third-order valence-corrected chi connectivity index (χ3v) is 1.54. The fraction of sp³-hybridized carbons (Fsp3) is 0.571. The van der Waals surface area contributed by atoms with Gasteiger partial charge in [-0.3, -0.25) is 0 Å². The summed E-state index contributed by atoms with van der Waals surface area (Å²) >= 11 is 0. The molecule has 1 heterocycles. The highest BCUT2D eigenvalue weighted by molar-refractivity contribution is 5.06. The molecule has 0 atom stereocenters. The molecule has 1 aromatic heterocycles. The summed E-state index contributed by atoms with van der Waals surface area (Å²) in [6.45, 7) is 3.42. The second-order valence-corrected chi connectivity index (χ2v) is 2.37. The molecular formula is C7H11N3O3. The van der Waals surface area contributed by atoms with Gasteiger partial charge in [0.2, 0.25) is 0 Å². The van der Waals surface area contributed by atoms with E-state index in [9.17, 15) is 10.1 Å². The summed E-state index contributed by atoms with van der Waals surface area (Å²) in [7, 11) is 0. The highest BCUT2D eigenvalue weighted by atomic mass is 16.6. The Labute approximate surface area is 75.3 Å². The summed E-state index contributed by atoms with van der Waals surface area (Å²) in [4.78, 5) is 13.5. The van der Waals surface area contributed by atoms with Crippen molar-refractivity contribution >= 4 is 5.95 Å². The zero-order valence-corrected chi connectivity index (χ0v) is 7.34. The first-order chi connectivity index (χ1) is 6.25. The fourth-order valence-corrected chi connectivity index (χ4v) is 0.955. The van der Waals surface area contributed by atoms with Gasteiger partial charge in [-0.25, -0.2) is 4.57 Å². The van der Waals surface area contributed by atoms with Crippen LogP contribution in [0.25, 0.3) is 0 Å². The van der Waals surface area contributed by atoms with Crippen LogP contribution in [0, 0.1) is 10.1 Å². The van der Waals surface area contributed by atoms with Crippen molar-refractivity contribution in [3.05, 3.63) is 22.5 Å². The summed E-state index contributed by atoms with van der Waals surface area (Å²) in [6.07, 6.45) is 2.97. The Bertz CT molecular complexity index is 284. The van der Waals surface area contributed by atoms with Crippen molar-refractivity contribution < 1.29 is 9.66 Å². The summed E-state index contributed by atoms with van der Waals surface area (Å²) in [5.74, 6) is -0.139. The van der Waals surface area contributed by atoms with Gasteiger partial charge in [0.05, 0.1) is 13.2 Å². The highest BCUT2D eigenvalue weighted by Gasteiger charge is 2.12. The van der Waals surface area contributed by atoms with Gasteiger partial charge in [0.15, 0.2) is 0 Å². The Morgan fingerprint density at radius 1 is 1.77 bits per heavy atom. The Morgan fingerprint density at radius 2 is 2.54 bits per heavy atom. The quantitative estimate of drug-likeness (QED) is 0.387. The van der Waals surface area contributed by atoms with Crippen LogP contribution in [0.5, 0.6) is 0 Å². The monoisotopic (exact) mass is 185 g/mol. The molecule has 0 aliphatic rings. The van der Waals surface area contributed by atoms with Gasteiger partial charge < -0.3 is 14.9 Å². The van der Waals surface area contributed by atoms with E-state index in [2.05, 4.69) is 4.98 Å². The number of ether oxygens (including phenoxy) is 1. The zero-order valence-electron chi connectivity index (χ0n) is 7.34. The standard InChI is InChI=1S/C7H11N3O3/c1-2-13-6-5-9-4-3-8-7(9)10(11)12/h3-4H,2,5-6H2,1H3. The Balaban J connectivity index is 2.55. The lowest BCUT2D eigenvalue weighted by atomic mass is 10.6. The van der Waals surface area contributed by atoms with E-state index in [4.69, 9.17) is 4.74 Å². The molecule has 13 heavy (non-hydrogen) atoms. The molecule has 1 rings (SSSR count). The number of hydrogen-bond acceptors (Lipinski definition) is 4. The van der Waals surface area contributed by atoms with Crippen molar-refractivity contribution in [2.45, 2.75) is 13.5 Å². The molecule has 0 fully saturated rings. The second-order valence-electron chi connectivity index (χ2n) is 2.37. The number of rotatable bonds is 5. The zero-order chi connectivity index (χ0) is 9.68. The molecule has 0 saturated carbocycles. The van der Waals surface area contributed by atoms with E-state index in [1.807, 2.05) is 6.92 Å². The first kappa shape index (κ1) is 9.66. The lowest BCUT2D eigenvalue weighted by molar-refractivity contribution is -0.396. The smallest absolute Gasteiger partial charge is 0.390 e. The highest BCUT2D eigenvalue weighted by Crippen LogP contribution is 2.06. The molecule has 0 saturated heterocycles. The first-order valence-electron chi connectivity index (χ1n) is 3.99. The summed E-state index contributed by atoms with van der Waals surface area (Å²) in [5, 5.41) is 10.4. The molecule has 0 aromatic carbocycles. The number of aromatic nitrogens is 2. The summed E-state index contributed by atoms with van der Waals surface area (Å²) in [6, 6.07) is 0. The average Bonchev–Trinajstić information content (AvgIpc) is 2.53. The lowest BCUT2D eigenvalue weighted by Crippen LogP contribution is -2.08. The normalized spacial score (nSPS) is 10.2. The summed E-state index contributed by atoms with van der Waals surface area (Å²) < 4.78 is 6.52. The number of hydrogen-bond donors (Lipinski definition) is 0. The molecule has 0 aliphatic carbocycles. The van der Waals surface area contributed by atoms with Gasteiger partial charge in [-0.05, 0) is 11.8 Å². The minimum absolute atomic E-state index is 0.139. The van der Waals surface area contributed by atoms with Gasteiger partial charge >= 0.3 is 5.95 Å². The average molecular weight is 185 g/mol. The van der Waals surface area contributed by atoms with Gasteiger partial charge in [-0.1, -0.05) is 4.98 Å². The van der Waals surface area contributed by atoms with Crippen molar-refractivity contribution in [2.75, 3.05) is 13.2 Å². The van der Waals surface area contributed by atoms with Crippen molar-refractivity contribution in [1.82, 2.24) is 9.55 Å². The number of nitro groups is 1. The topological polar surface area (TPSA) is 70.2 Å². The molecular weight excluding hydrogens is 174 g/mol. The van der Waals surface area contributed by atoms with E-state index in [0.717, 1.165) is 0 Å². The Morgan fingerprint density at radius 3 is 3.15 bits per heavy atom. The van der Waals surface area contributed by atoms with E-state index >= 15 is 0 Å².